The number of hydrogen-bond donors (Lipinski definition) is 5. The van der Waals surface area contributed by atoms with Crippen LogP contribution in [0.25, 0.3) is 0 Å². The molecule has 8 nitrogen and oxygen atoms in total. The molecule has 0 saturated carbocycles. The molecule has 0 saturated heterocycles. The van der Waals surface area contributed by atoms with Gasteiger partial charge in [0.1, 0.15) is 0 Å². The molecule has 1 unspecified atom stereocenters. The van der Waals surface area contributed by atoms with E-state index in [-0.39, 0.29) is 11.1 Å². The van der Waals surface area contributed by atoms with Crippen molar-refractivity contribution in [3.05, 3.63) is 0 Å². The summed E-state index contributed by atoms with van der Waals surface area (Å²) in [5, 5.41) is 17.2. The van der Waals surface area contributed by atoms with Crippen molar-refractivity contribution in [1.82, 2.24) is 5.23 Å². The van der Waals surface area contributed by atoms with Crippen LogP contribution in [-0.4, -0.2) is 36.2 Å². The summed E-state index contributed by atoms with van der Waals surface area (Å²) in [4.78, 5) is 33.0. The Morgan fingerprint density at radius 2 is 1.15 bits per heavy atom. The first-order valence-corrected chi connectivity index (χ1v) is 11.2. The summed E-state index contributed by atoms with van der Waals surface area (Å²) in [6.07, 6.45) is 15.5. The van der Waals surface area contributed by atoms with Gasteiger partial charge in [0.15, 0.2) is 0 Å². The van der Waals surface area contributed by atoms with Crippen LogP contribution in [0.1, 0.15) is 97.3 Å². The number of carbonyl (C=O) groups is 1. The van der Waals surface area contributed by atoms with Crippen LogP contribution in [0.2, 0.25) is 0 Å². The number of unbranched alkanes of at least 4 members (excludes halogenated alkanes) is 10. The molecule has 0 aromatic rings. The van der Waals surface area contributed by atoms with Crippen LogP contribution in [-0.2, 0) is 9.36 Å². The maximum Gasteiger partial charge on any atom is 0.466 e. The van der Waals surface area contributed by atoms with Gasteiger partial charge in [0.25, 0.3) is 5.91 Å². The van der Waals surface area contributed by atoms with Gasteiger partial charge in [0, 0.05) is 5.92 Å². The van der Waals surface area contributed by atoms with E-state index in [2.05, 4.69) is 6.92 Å². The first kappa shape index (κ1) is 27.7. The fourth-order valence-corrected chi connectivity index (χ4v) is 2.72. The summed E-state index contributed by atoms with van der Waals surface area (Å²) in [6.45, 7) is 4.15. The van der Waals surface area contributed by atoms with Gasteiger partial charge in [0.05, 0.1) is 0 Å². The molecule has 0 aliphatic carbocycles. The number of amides is 1. The number of carbonyl (C=O) groups excluding carboxylic acids is 1. The number of nitrogens with zero attached hydrogens (tertiary/aromatic N) is 1. The van der Waals surface area contributed by atoms with Crippen molar-refractivity contribution in [2.75, 3.05) is 0 Å². The van der Waals surface area contributed by atoms with E-state index in [0.29, 0.717) is 6.42 Å². The Morgan fingerprint density at radius 3 is 1.46 bits per heavy atom. The van der Waals surface area contributed by atoms with Gasteiger partial charge in [-0.3, -0.25) is 15.2 Å². The molecule has 0 aromatic heterocycles. The normalized spacial score (nSPS) is 12.3. The summed E-state index contributed by atoms with van der Waals surface area (Å²) in [6, 6.07) is 0. The number of hydroxylamine groups is 2. The number of hydrogen-bond acceptors (Lipinski definition) is 4. The Bertz CT molecular complexity index is 366. The summed E-state index contributed by atoms with van der Waals surface area (Å²) >= 11 is 0. The van der Waals surface area contributed by atoms with E-state index in [9.17, 15) is 4.79 Å². The lowest BCUT2D eigenvalue weighted by molar-refractivity contribution is -0.288. The average molecular weight is 399 g/mol. The van der Waals surface area contributed by atoms with Crippen LogP contribution in [0.15, 0.2) is 0 Å². The second-order valence-corrected chi connectivity index (χ2v) is 7.60. The maximum absolute atomic E-state index is 11.4. The van der Waals surface area contributed by atoms with Gasteiger partial charge in [-0.1, -0.05) is 89.7 Å². The van der Waals surface area contributed by atoms with Crippen LogP contribution in [0.5, 0.6) is 0 Å². The van der Waals surface area contributed by atoms with Crippen LogP contribution in [0.4, 0.5) is 0 Å². The Kier molecular flexibility index (Phi) is 19.1. The topological polar surface area (TPSA) is 139 Å². The Morgan fingerprint density at radius 1 is 0.808 bits per heavy atom. The van der Waals surface area contributed by atoms with Crippen LogP contribution in [0, 0.1) is 5.92 Å². The Hall–Kier alpha value is -0.500. The fraction of sp³-hybridized carbons (Fsp3) is 0.941. The first-order chi connectivity index (χ1) is 12.1. The molecule has 0 bridgehead atoms. The highest BCUT2D eigenvalue weighted by Crippen LogP contribution is 2.25. The summed E-state index contributed by atoms with van der Waals surface area (Å²) < 4.78 is 8.88. The monoisotopic (exact) mass is 399 g/mol. The maximum atomic E-state index is 11.4. The fourth-order valence-electron chi connectivity index (χ4n) is 2.72. The van der Waals surface area contributed by atoms with Gasteiger partial charge in [-0.2, -0.15) is 0 Å². The summed E-state index contributed by atoms with van der Waals surface area (Å²) in [5.74, 6) is -0.830. The zero-order valence-electron chi connectivity index (χ0n) is 16.2. The lowest BCUT2D eigenvalue weighted by Gasteiger charge is -2.15. The Balaban J connectivity index is 0. The molecule has 9 heteroatoms. The molecule has 0 aliphatic rings. The summed E-state index contributed by atoms with van der Waals surface area (Å²) in [7, 11) is -4.64. The lowest BCUT2D eigenvalue weighted by atomic mass is 9.97. The van der Waals surface area contributed by atoms with E-state index in [1.165, 1.54) is 57.8 Å². The van der Waals surface area contributed by atoms with Crippen LogP contribution >= 0.6 is 7.82 Å². The van der Waals surface area contributed by atoms with Gasteiger partial charge in [-0.05, 0) is 12.8 Å². The van der Waals surface area contributed by atoms with Crippen molar-refractivity contribution in [3.63, 3.8) is 0 Å². The van der Waals surface area contributed by atoms with Gasteiger partial charge >= 0.3 is 7.82 Å². The third-order valence-electron chi connectivity index (χ3n) is 4.20. The second kappa shape index (κ2) is 17.9. The quantitative estimate of drug-likeness (QED) is 0.126. The van der Waals surface area contributed by atoms with Crippen molar-refractivity contribution in [3.8, 4) is 0 Å². The standard InChI is InChI=1S/C17H35NO3.H3O4P/c1-3-5-6-7-8-9-10-11-12-13-14-15-16(4-2)17(19)18(20)21;1-5(2,3)4/h16,20-21H,3-15H2,1-2H3;(H3,1,2,3,4). The predicted octanol–water partition coefficient (Wildman–Crippen LogP) is 4.39. The van der Waals surface area contributed by atoms with E-state index >= 15 is 0 Å². The Labute approximate surface area is 157 Å². The highest BCUT2D eigenvalue weighted by molar-refractivity contribution is 7.45. The molecule has 0 fully saturated rings. The summed E-state index contributed by atoms with van der Waals surface area (Å²) in [5.41, 5.74) is 0. The molecule has 1 amide bonds. The SMILES string of the molecule is CCCCCCCCCCCCCC(CC)C(=O)N(O)O.O=P(O)(O)O. The van der Waals surface area contributed by atoms with Crippen LogP contribution < -0.4 is 0 Å². The molecule has 5 N–H and O–H groups in total. The lowest BCUT2D eigenvalue weighted by Crippen LogP contribution is -2.30. The van der Waals surface area contributed by atoms with E-state index in [4.69, 9.17) is 29.7 Å². The van der Waals surface area contributed by atoms with Crippen molar-refractivity contribution in [2.24, 2.45) is 5.92 Å². The highest BCUT2D eigenvalue weighted by Gasteiger charge is 2.20. The van der Waals surface area contributed by atoms with Crippen molar-refractivity contribution in [1.29, 1.82) is 0 Å². The van der Waals surface area contributed by atoms with Gasteiger partial charge in [0.2, 0.25) is 0 Å². The third kappa shape index (κ3) is 23.5. The van der Waals surface area contributed by atoms with Crippen molar-refractivity contribution in [2.45, 2.75) is 97.3 Å². The largest absolute Gasteiger partial charge is 0.466 e. The van der Waals surface area contributed by atoms with Gasteiger partial charge in [-0.25, -0.2) is 4.57 Å². The minimum Gasteiger partial charge on any atom is -0.303 e. The molecule has 26 heavy (non-hydrogen) atoms. The van der Waals surface area contributed by atoms with Crippen molar-refractivity contribution >= 4 is 13.7 Å². The third-order valence-corrected chi connectivity index (χ3v) is 4.20. The van der Waals surface area contributed by atoms with E-state index in [1.807, 2.05) is 6.92 Å². The molecule has 1 atom stereocenters. The highest BCUT2D eigenvalue weighted by atomic mass is 31.2. The van der Waals surface area contributed by atoms with E-state index in [0.717, 1.165) is 19.3 Å². The molecular weight excluding hydrogens is 361 g/mol. The zero-order valence-corrected chi connectivity index (χ0v) is 17.1. The molecular formula is C17H38NO7P. The van der Waals surface area contributed by atoms with Crippen molar-refractivity contribution < 1.29 is 34.5 Å². The van der Waals surface area contributed by atoms with Gasteiger partial charge in [-0.15, -0.1) is 0 Å². The number of rotatable bonds is 14. The molecule has 0 aromatic carbocycles. The molecule has 0 spiro atoms. The zero-order chi connectivity index (χ0) is 20.4. The molecule has 0 aliphatic heterocycles. The number of phosphoric acid groups is 1. The van der Waals surface area contributed by atoms with E-state index in [1.54, 1.807) is 0 Å². The first-order valence-electron chi connectivity index (χ1n) is 9.63. The second-order valence-electron chi connectivity index (χ2n) is 6.57. The molecule has 0 radical (unpaired) electrons. The molecule has 158 valence electrons. The average Bonchev–Trinajstić information content (AvgIpc) is 2.54. The minimum atomic E-state index is -4.64. The minimum absolute atomic E-state index is 0.251. The molecule has 0 rings (SSSR count). The van der Waals surface area contributed by atoms with E-state index < -0.39 is 13.7 Å². The smallest absolute Gasteiger partial charge is 0.303 e. The van der Waals surface area contributed by atoms with Crippen LogP contribution in [0.3, 0.4) is 0 Å². The molecule has 0 heterocycles. The van der Waals surface area contributed by atoms with Gasteiger partial charge < -0.3 is 14.7 Å². The predicted molar refractivity (Wildman–Crippen MR) is 99.5 cm³/mol.